The molecule has 3 N–H and O–H groups in total. The molecule has 0 aliphatic heterocycles. The summed E-state index contributed by atoms with van der Waals surface area (Å²) in [5.74, 6) is 0. The summed E-state index contributed by atoms with van der Waals surface area (Å²) in [4.78, 5) is 0. The molecule has 3 nitrogen and oxygen atoms in total. The van der Waals surface area contributed by atoms with Gasteiger partial charge in [-0.05, 0) is 12.8 Å². The second-order valence-corrected chi connectivity index (χ2v) is 9.65. The van der Waals surface area contributed by atoms with Gasteiger partial charge in [-0.25, -0.2) is 0 Å². The predicted octanol–water partition coefficient (Wildman–Crippen LogP) is 0.778. The monoisotopic (exact) mass is 328 g/mol. The summed E-state index contributed by atoms with van der Waals surface area (Å²) in [6.45, 7) is 2.24. The van der Waals surface area contributed by atoms with E-state index in [0.717, 1.165) is 19.0 Å². The Morgan fingerprint density at radius 2 is 0.950 bits per heavy atom. The molecule has 0 saturated heterocycles. The van der Waals surface area contributed by atoms with Crippen LogP contribution < -0.4 is 12.4 Å². The Kier molecular flexibility index (Phi) is 18.3. The van der Waals surface area contributed by atoms with E-state index in [2.05, 4.69) is 6.92 Å². The van der Waals surface area contributed by atoms with Gasteiger partial charge in [0.15, 0.2) is 19.0 Å². The normalized spacial score (nSPS) is 11.4. The van der Waals surface area contributed by atoms with E-state index in [0.29, 0.717) is 0 Å². The molecule has 5 heteroatoms. The molecule has 0 aromatic heterocycles. The smallest absolute Gasteiger partial charge is 0.158 e. The Bertz CT molecular complexity index is 182. The third-order valence-corrected chi connectivity index (χ3v) is 6.95. The molecular formula is C15H34ClO3P. The Hall–Kier alpha value is 0.600. The first-order valence-electron chi connectivity index (χ1n) is 7.92. The van der Waals surface area contributed by atoms with Crippen molar-refractivity contribution in [2.24, 2.45) is 0 Å². The summed E-state index contributed by atoms with van der Waals surface area (Å²) >= 11 is 0. The number of aliphatic hydroxyl groups is 3. The first kappa shape index (κ1) is 22.9. The van der Waals surface area contributed by atoms with Crippen LogP contribution in [-0.4, -0.2) is 40.5 Å². The molecule has 0 radical (unpaired) electrons. The zero-order valence-corrected chi connectivity index (χ0v) is 14.7. The van der Waals surface area contributed by atoms with Gasteiger partial charge < -0.3 is 27.7 Å². The summed E-state index contributed by atoms with van der Waals surface area (Å²) in [5, 5.41) is 27.7. The van der Waals surface area contributed by atoms with Gasteiger partial charge in [0.05, 0.1) is 13.4 Å². The van der Waals surface area contributed by atoms with E-state index >= 15 is 0 Å². The summed E-state index contributed by atoms with van der Waals surface area (Å²) in [6.07, 6.45) is 13.7. The van der Waals surface area contributed by atoms with Crippen molar-refractivity contribution in [1.82, 2.24) is 0 Å². The Balaban J connectivity index is 0. The van der Waals surface area contributed by atoms with Gasteiger partial charge >= 0.3 is 0 Å². The molecule has 0 amide bonds. The maximum Gasteiger partial charge on any atom is 0.158 e. The number of hydrogen-bond donors (Lipinski definition) is 3. The maximum absolute atomic E-state index is 9.25. The summed E-state index contributed by atoms with van der Waals surface area (Å²) in [7, 11) is -1.85. The molecule has 0 aromatic rings. The second kappa shape index (κ2) is 16.0. The highest BCUT2D eigenvalue weighted by Gasteiger charge is 2.34. The van der Waals surface area contributed by atoms with Crippen LogP contribution in [0.2, 0.25) is 0 Å². The molecule has 0 unspecified atom stereocenters. The van der Waals surface area contributed by atoms with E-state index in [4.69, 9.17) is 0 Å². The van der Waals surface area contributed by atoms with Crippen molar-refractivity contribution in [3.63, 3.8) is 0 Å². The average molecular weight is 329 g/mol. The lowest BCUT2D eigenvalue weighted by Crippen LogP contribution is -3.00. The van der Waals surface area contributed by atoms with Gasteiger partial charge in [-0.15, -0.1) is 0 Å². The lowest BCUT2D eigenvalue weighted by Gasteiger charge is -2.19. The molecule has 0 spiro atoms. The molecule has 0 rings (SSSR count). The van der Waals surface area contributed by atoms with Crippen molar-refractivity contribution in [2.45, 2.75) is 71.1 Å². The van der Waals surface area contributed by atoms with Crippen LogP contribution >= 0.6 is 7.26 Å². The maximum atomic E-state index is 9.25. The molecular weight excluding hydrogens is 295 g/mol. The summed E-state index contributed by atoms with van der Waals surface area (Å²) < 4.78 is 0. The van der Waals surface area contributed by atoms with Gasteiger partial charge in [0.25, 0.3) is 0 Å². The quantitative estimate of drug-likeness (QED) is 0.326. The molecule has 0 fully saturated rings. The van der Waals surface area contributed by atoms with E-state index in [1.54, 1.807) is 0 Å². The molecule has 0 aromatic carbocycles. The van der Waals surface area contributed by atoms with Crippen LogP contribution in [0.5, 0.6) is 0 Å². The van der Waals surface area contributed by atoms with E-state index < -0.39 is 7.26 Å². The second-order valence-electron chi connectivity index (χ2n) is 5.67. The van der Waals surface area contributed by atoms with E-state index in [9.17, 15) is 15.3 Å². The highest BCUT2D eigenvalue weighted by atomic mass is 35.5. The molecule has 0 heterocycles. The largest absolute Gasteiger partial charge is 1.00 e. The van der Waals surface area contributed by atoms with Gasteiger partial charge in [0.2, 0.25) is 0 Å². The molecule has 124 valence electrons. The number of hydrogen-bond acceptors (Lipinski definition) is 3. The zero-order chi connectivity index (χ0) is 14.4. The standard InChI is InChI=1S/C15H34O3P.ClH/c1-2-3-4-5-6-7-8-9-10-11-12-19(13-16,14-17)15-18;/h16-18H,2-15H2,1H3;1H/q+1;/p-1. The lowest BCUT2D eigenvalue weighted by atomic mass is 10.1. The van der Waals surface area contributed by atoms with E-state index in [-0.39, 0.29) is 31.5 Å². The van der Waals surface area contributed by atoms with Crippen molar-refractivity contribution in [1.29, 1.82) is 0 Å². The first-order valence-corrected chi connectivity index (χ1v) is 10.5. The van der Waals surface area contributed by atoms with Gasteiger partial charge in [0, 0.05) is 0 Å². The SMILES string of the molecule is CCCCCCCCCCCC[P+](CO)(CO)CO.[Cl-]. The van der Waals surface area contributed by atoms with Crippen LogP contribution in [-0.2, 0) is 0 Å². The topological polar surface area (TPSA) is 60.7 Å². The van der Waals surface area contributed by atoms with Crippen molar-refractivity contribution in [2.75, 3.05) is 25.2 Å². The van der Waals surface area contributed by atoms with Gasteiger partial charge in [0.1, 0.15) is 0 Å². The third-order valence-electron chi connectivity index (χ3n) is 3.89. The molecule has 0 aliphatic rings. The van der Waals surface area contributed by atoms with E-state index in [1.807, 2.05) is 0 Å². The van der Waals surface area contributed by atoms with Crippen LogP contribution in [0.1, 0.15) is 71.1 Å². The van der Waals surface area contributed by atoms with Gasteiger partial charge in [-0.1, -0.05) is 58.3 Å². The molecule has 0 aliphatic carbocycles. The Morgan fingerprint density at radius 3 is 1.30 bits per heavy atom. The Morgan fingerprint density at radius 1 is 0.600 bits per heavy atom. The highest BCUT2D eigenvalue weighted by molar-refractivity contribution is 7.75. The van der Waals surface area contributed by atoms with Crippen LogP contribution in [0.3, 0.4) is 0 Å². The lowest BCUT2D eigenvalue weighted by molar-refractivity contribution is -0.00000676. The van der Waals surface area contributed by atoms with E-state index in [1.165, 1.54) is 51.4 Å². The number of halogens is 1. The minimum atomic E-state index is -1.85. The predicted molar refractivity (Wildman–Crippen MR) is 84.9 cm³/mol. The van der Waals surface area contributed by atoms with Crippen LogP contribution in [0.25, 0.3) is 0 Å². The first-order chi connectivity index (χ1) is 9.24. The van der Waals surface area contributed by atoms with Crippen molar-refractivity contribution < 1.29 is 27.7 Å². The number of rotatable bonds is 14. The third kappa shape index (κ3) is 11.3. The van der Waals surface area contributed by atoms with Crippen molar-refractivity contribution in [3.05, 3.63) is 0 Å². The minimum Gasteiger partial charge on any atom is -1.00 e. The minimum absolute atomic E-state index is 0. The molecule has 20 heavy (non-hydrogen) atoms. The van der Waals surface area contributed by atoms with Gasteiger partial charge in [-0.2, -0.15) is 0 Å². The van der Waals surface area contributed by atoms with Crippen LogP contribution in [0, 0.1) is 0 Å². The summed E-state index contributed by atoms with van der Waals surface area (Å²) in [5.41, 5.74) is 0. The fourth-order valence-corrected chi connectivity index (χ4v) is 3.87. The van der Waals surface area contributed by atoms with Crippen LogP contribution in [0.15, 0.2) is 0 Å². The number of aliphatic hydroxyl groups excluding tert-OH is 3. The molecule has 0 atom stereocenters. The van der Waals surface area contributed by atoms with Crippen molar-refractivity contribution in [3.8, 4) is 0 Å². The fourth-order valence-electron chi connectivity index (χ4n) is 2.28. The molecule has 0 bridgehead atoms. The van der Waals surface area contributed by atoms with Crippen LogP contribution in [0.4, 0.5) is 0 Å². The fraction of sp³-hybridized carbons (Fsp3) is 1.00. The molecule has 0 saturated carbocycles. The highest BCUT2D eigenvalue weighted by Crippen LogP contribution is 2.56. The zero-order valence-electron chi connectivity index (χ0n) is 13.1. The number of unbranched alkanes of at least 4 members (excludes halogenated alkanes) is 9. The summed E-state index contributed by atoms with van der Waals surface area (Å²) in [6, 6.07) is 0. The van der Waals surface area contributed by atoms with Crippen molar-refractivity contribution >= 4 is 7.26 Å². The van der Waals surface area contributed by atoms with Gasteiger partial charge in [-0.3, -0.25) is 0 Å². The average Bonchev–Trinajstić information content (AvgIpc) is 2.46. The Labute approximate surface area is 131 Å².